The Kier molecular flexibility index (Phi) is 4.24. The van der Waals surface area contributed by atoms with Crippen LogP contribution in [0.1, 0.15) is 5.56 Å². The molecule has 5 nitrogen and oxygen atoms in total. The van der Waals surface area contributed by atoms with Gasteiger partial charge in [-0.3, -0.25) is 4.79 Å². The van der Waals surface area contributed by atoms with Gasteiger partial charge in [0, 0.05) is 24.3 Å². The van der Waals surface area contributed by atoms with E-state index in [9.17, 15) is 4.79 Å². The van der Waals surface area contributed by atoms with E-state index in [0.717, 1.165) is 10.0 Å². The molecule has 0 spiro atoms. The number of rotatable bonds is 3. The van der Waals surface area contributed by atoms with Gasteiger partial charge in [-0.05, 0) is 34.1 Å². The normalized spacial score (nSPS) is 26.1. The second-order valence-electron chi connectivity index (χ2n) is 4.94. The molecule has 0 saturated heterocycles. The maximum absolute atomic E-state index is 13.0. The number of nitrogens with zero attached hydrogens (tertiary/aromatic N) is 1. The summed E-state index contributed by atoms with van der Waals surface area (Å²) >= 11 is 6.77. The minimum absolute atomic E-state index is 0.242. The summed E-state index contributed by atoms with van der Waals surface area (Å²) in [5.41, 5.74) is 1.40. The van der Waals surface area contributed by atoms with E-state index in [-0.39, 0.29) is 5.78 Å². The van der Waals surface area contributed by atoms with Gasteiger partial charge in [0.15, 0.2) is 6.10 Å². The molecule has 0 fully saturated rings. The van der Waals surface area contributed by atoms with Crippen molar-refractivity contribution >= 4 is 43.4 Å². The maximum atomic E-state index is 13.0. The van der Waals surface area contributed by atoms with Crippen LogP contribution in [-0.4, -0.2) is 37.6 Å². The highest BCUT2D eigenvalue weighted by molar-refractivity contribution is 9.11. The number of hydrogen-bond acceptors (Lipinski definition) is 5. The van der Waals surface area contributed by atoms with E-state index in [1.54, 1.807) is 6.08 Å². The van der Waals surface area contributed by atoms with Crippen molar-refractivity contribution < 1.29 is 19.1 Å². The molecule has 2 atom stereocenters. The standard InChI is InChI=1S/C15H13Br2NO4/c1-20-15(21-2)11(17)7-10-12(14(15)19)13(18-22-10)8-4-3-5-9(16)6-8/h3-7,10,12H,1-2H3. The number of oxime groups is 1. The number of carbonyl (C=O) groups is 1. The lowest BCUT2D eigenvalue weighted by molar-refractivity contribution is -0.193. The van der Waals surface area contributed by atoms with Crippen LogP contribution in [0.15, 0.2) is 44.5 Å². The summed E-state index contributed by atoms with van der Waals surface area (Å²) in [5, 5.41) is 4.11. The summed E-state index contributed by atoms with van der Waals surface area (Å²) in [7, 11) is 2.87. The lowest BCUT2D eigenvalue weighted by Gasteiger charge is -2.35. The van der Waals surface area contributed by atoms with Crippen LogP contribution < -0.4 is 0 Å². The van der Waals surface area contributed by atoms with Gasteiger partial charge >= 0.3 is 0 Å². The molecule has 0 amide bonds. The molecule has 1 aliphatic carbocycles. The SMILES string of the molecule is COC1(OC)C(=O)C2C(c3cccc(Br)c3)=NOC2C=C1Br. The summed E-state index contributed by atoms with van der Waals surface area (Å²) in [6, 6.07) is 7.57. The highest BCUT2D eigenvalue weighted by atomic mass is 79.9. The van der Waals surface area contributed by atoms with E-state index < -0.39 is 17.8 Å². The van der Waals surface area contributed by atoms with Crippen molar-refractivity contribution in [3.63, 3.8) is 0 Å². The van der Waals surface area contributed by atoms with Crippen LogP contribution in [0.2, 0.25) is 0 Å². The number of benzene rings is 1. The number of ether oxygens (including phenoxy) is 2. The molecular weight excluding hydrogens is 418 g/mol. The van der Waals surface area contributed by atoms with Gasteiger partial charge in [0.05, 0.1) is 4.48 Å². The first-order valence-corrected chi connectivity index (χ1v) is 8.14. The van der Waals surface area contributed by atoms with Crippen LogP contribution in [0, 0.1) is 5.92 Å². The van der Waals surface area contributed by atoms with Gasteiger partial charge in [0.25, 0.3) is 5.79 Å². The number of hydrogen-bond donors (Lipinski definition) is 0. The number of methoxy groups -OCH3 is 2. The molecule has 22 heavy (non-hydrogen) atoms. The van der Waals surface area contributed by atoms with Gasteiger partial charge in [-0.15, -0.1) is 0 Å². The van der Waals surface area contributed by atoms with Gasteiger partial charge < -0.3 is 14.3 Å². The Hall–Kier alpha value is -1.02. The van der Waals surface area contributed by atoms with Crippen molar-refractivity contribution in [2.24, 2.45) is 11.1 Å². The van der Waals surface area contributed by atoms with E-state index in [0.29, 0.717) is 10.2 Å². The second-order valence-corrected chi connectivity index (χ2v) is 6.71. The van der Waals surface area contributed by atoms with E-state index in [1.807, 2.05) is 24.3 Å². The Morgan fingerprint density at radius 2 is 2.00 bits per heavy atom. The van der Waals surface area contributed by atoms with Crippen LogP contribution in [-0.2, 0) is 19.1 Å². The molecule has 2 aliphatic rings. The highest BCUT2D eigenvalue weighted by Gasteiger charge is 2.56. The van der Waals surface area contributed by atoms with E-state index >= 15 is 0 Å². The zero-order valence-corrected chi connectivity index (χ0v) is 15.0. The average Bonchev–Trinajstić information content (AvgIpc) is 2.92. The first-order valence-electron chi connectivity index (χ1n) is 6.55. The Balaban J connectivity index is 2.05. The molecular formula is C15H13Br2NO4. The van der Waals surface area contributed by atoms with Gasteiger partial charge in [-0.2, -0.15) is 0 Å². The number of halogens is 2. The monoisotopic (exact) mass is 429 g/mol. The molecule has 3 rings (SSSR count). The fourth-order valence-corrected chi connectivity index (χ4v) is 3.91. The van der Waals surface area contributed by atoms with Gasteiger partial charge in [-0.25, -0.2) is 0 Å². The van der Waals surface area contributed by atoms with Crippen molar-refractivity contribution in [3.8, 4) is 0 Å². The van der Waals surface area contributed by atoms with Crippen molar-refractivity contribution in [2.45, 2.75) is 11.9 Å². The van der Waals surface area contributed by atoms with E-state index in [2.05, 4.69) is 37.0 Å². The third kappa shape index (κ3) is 2.27. The van der Waals surface area contributed by atoms with Crippen molar-refractivity contribution in [2.75, 3.05) is 14.2 Å². The average molecular weight is 431 g/mol. The molecule has 1 aromatic rings. The summed E-state index contributed by atoms with van der Waals surface area (Å²) in [5.74, 6) is -2.27. The summed E-state index contributed by atoms with van der Waals surface area (Å²) < 4.78 is 12.1. The van der Waals surface area contributed by atoms with Gasteiger partial charge in [0.2, 0.25) is 5.78 Å². The van der Waals surface area contributed by atoms with Gasteiger partial charge in [-0.1, -0.05) is 33.2 Å². The predicted molar refractivity (Wildman–Crippen MR) is 87.8 cm³/mol. The maximum Gasteiger partial charge on any atom is 0.263 e. The van der Waals surface area contributed by atoms with Gasteiger partial charge in [0.1, 0.15) is 11.6 Å². The first-order chi connectivity index (χ1) is 10.5. The Morgan fingerprint density at radius 3 is 2.64 bits per heavy atom. The number of ketones is 1. The molecule has 0 bridgehead atoms. The molecule has 0 radical (unpaired) electrons. The minimum Gasteiger partial charge on any atom is -0.387 e. The van der Waals surface area contributed by atoms with Crippen LogP contribution in [0.3, 0.4) is 0 Å². The smallest absolute Gasteiger partial charge is 0.263 e. The largest absolute Gasteiger partial charge is 0.387 e. The van der Waals surface area contributed by atoms with Crippen LogP contribution in [0.25, 0.3) is 0 Å². The summed E-state index contributed by atoms with van der Waals surface area (Å²) in [6.45, 7) is 0. The molecule has 0 saturated carbocycles. The number of carbonyl (C=O) groups excluding carboxylic acids is 1. The lowest BCUT2D eigenvalue weighted by Crippen LogP contribution is -2.53. The third-order valence-corrected chi connectivity index (χ3v) is 5.10. The number of fused-ring (bicyclic) bond motifs is 1. The molecule has 1 heterocycles. The van der Waals surface area contributed by atoms with Crippen molar-refractivity contribution in [3.05, 3.63) is 44.9 Å². The van der Waals surface area contributed by atoms with Crippen LogP contribution in [0.5, 0.6) is 0 Å². The fraction of sp³-hybridized carbons (Fsp3) is 0.333. The van der Waals surface area contributed by atoms with Crippen molar-refractivity contribution in [1.82, 2.24) is 0 Å². The van der Waals surface area contributed by atoms with Crippen LogP contribution >= 0.6 is 31.9 Å². The first kappa shape index (κ1) is 15.9. The minimum atomic E-state index is -1.46. The topological polar surface area (TPSA) is 57.1 Å². The summed E-state index contributed by atoms with van der Waals surface area (Å²) in [6.07, 6.45) is 1.29. The zero-order valence-electron chi connectivity index (χ0n) is 11.9. The molecule has 2 unspecified atom stereocenters. The second kappa shape index (κ2) is 5.88. The molecule has 0 N–H and O–H groups in total. The quantitative estimate of drug-likeness (QED) is 0.691. The highest BCUT2D eigenvalue weighted by Crippen LogP contribution is 2.41. The molecule has 7 heteroatoms. The Morgan fingerprint density at radius 1 is 1.27 bits per heavy atom. The molecule has 0 aromatic heterocycles. The molecule has 1 aromatic carbocycles. The van der Waals surface area contributed by atoms with Crippen LogP contribution in [0.4, 0.5) is 0 Å². The zero-order chi connectivity index (χ0) is 15.9. The lowest BCUT2D eigenvalue weighted by atomic mass is 9.81. The third-order valence-electron chi connectivity index (χ3n) is 3.82. The van der Waals surface area contributed by atoms with Crippen molar-refractivity contribution in [1.29, 1.82) is 0 Å². The predicted octanol–water partition coefficient (Wildman–Crippen LogP) is 3.02. The fourth-order valence-electron chi connectivity index (χ4n) is 2.73. The van der Waals surface area contributed by atoms with E-state index in [1.165, 1.54) is 14.2 Å². The van der Waals surface area contributed by atoms with E-state index in [4.69, 9.17) is 14.3 Å². The Bertz CT molecular complexity index is 682. The number of Topliss-reactive ketones (excluding diaryl/α,β-unsaturated/α-hetero) is 1. The molecule has 1 aliphatic heterocycles. The Labute approximate surface area is 144 Å². The summed E-state index contributed by atoms with van der Waals surface area (Å²) in [4.78, 5) is 18.4. The molecule has 116 valence electrons.